The molecular formula is C15H10BrFN2O2. The Morgan fingerprint density at radius 3 is 2.76 bits per heavy atom. The second-order valence-corrected chi connectivity index (χ2v) is 5.58. The van der Waals surface area contributed by atoms with Gasteiger partial charge < -0.3 is 14.5 Å². The van der Waals surface area contributed by atoms with E-state index in [1.165, 1.54) is 6.07 Å². The van der Waals surface area contributed by atoms with Crippen molar-refractivity contribution in [1.82, 2.24) is 9.97 Å². The summed E-state index contributed by atoms with van der Waals surface area (Å²) in [5.74, 6) is 1.78. The number of benzene rings is 2. The lowest BCUT2D eigenvalue weighted by atomic mass is 10.2. The molecule has 0 radical (unpaired) electrons. The summed E-state index contributed by atoms with van der Waals surface area (Å²) in [5, 5.41) is 0. The van der Waals surface area contributed by atoms with Crippen molar-refractivity contribution >= 4 is 27.0 Å². The van der Waals surface area contributed by atoms with Gasteiger partial charge in [-0.15, -0.1) is 0 Å². The van der Waals surface area contributed by atoms with Crippen molar-refractivity contribution in [2.24, 2.45) is 0 Å². The van der Waals surface area contributed by atoms with Gasteiger partial charge in [0.15, 0.2) is 11.5 Å². The number of nitrogens with zero attached hydrogens (tertiary/aromatic N) is 1. The summed E-state index contributed by atoms with van der Waals surface area (Å²) in [6.45, 7) is 1.10. The molecular weight excluding hydrogens is 339 g/mol. The van der Waals surface area contributed by atoms with Gasteiger partial charge in [-0.2, -0.15) is 0 Å². The van der Waals surface area contributed by atoms with E-state index >= 15 is 0 Å². The van der Waals surface area contributed by atoms with Gasteiger partial charge in [0.25, 0.3) is 0 Å². The van der Waals surface area contributed by atoms with Crippen LogP contribution in [0.4, 0.5) is 4.39 Å². The van der Waals surface area contributed by atoms with Crippen molar-refractivity contribution in [1.29, 1.82) is 0 Å². The van der Waals surface area contributed by atoms with E-state index in [1.807, 2.05) is 18.2 Å². The summed E-state index contributed by atoms with van der Waals surface area (Å²) in [4.78, 5) is 7.60. The molecule has 0 fully saturated rings. The van der Waals surface area contributed by atoms with Crippen LogP contribution in [-0.4, -0.2) is 23.2 Å². The van der Waals surface area contributed by atoms with E-state index in [-0.39, 0.29) is 5.82 Å². The molecule has 6 heteroatoms. The third-order valence-corrected chi connectivity index (χ3v) is 3.95. The van der Waals surface area contributed by atoms with Gasteiger partial charge in [0.05, 0.1) is 15.5 Å². The first-order valence-electron chi connectivity index (χ1n) is 6.45. The summed E-state index contributed by atoms with van der Waals surface area (Å²) in [7, 11) is 0. The topological polar surface area (TPSA) is 47.1 Å². The second-order valence-electron chi connectivity index (χ2n) is 4.73. The van der Waals surface area contributed by atoms with Crippen LogP contribution in [0.2, 0.25) is 0 Å². The molecule has 0 saturated carbocycles. The summed E-state index contributed by atoms with van der Waals surface area (Å²) in [6, 6.07) is 8.71. The van der Waals surface area contributed by atoms with Crippen molar-refractivity contribution in [3.63, 3.8) is 0 Å². The normalized spacial score (nSPS) is 13.6. The molecule has 0 spiro atoms. The number of hydrogen-bond donors (Lipinski definition) is 1. The summed E-state index contributed by atoms with van der Waals surface area (Å²) >= 11 is 3.17. The molecule has 0 aliphatic carbocycles. The quantitative estimate of drug-likeness (QED) is 0.725. The predicted octanol–water partition coefficient (Wildman–Crippen LogP) is 3.90. The maximum Gasteiger partial charge on any atom is 0.162 e. The Morgan fingerprint density at radius 1 is 1.10 bits per heavy atom. The molecule has 0 saturated heterocycles. The van der Waals surface area contributed by atoms with Gasteiger partial charge in [0, 0.05) is 11.6 Å². The van der Waals surface area contributed by atoms with Crippen LogP contribution in [-0.2, 0) is 0 Å². The lowest BCUT2D eigenvalue weighted by Gasteiger charge is -2.18. The first kappa shape index (κ1) is 12.6. The molecule has 3 aromatic rings. The molecule has 1 aromatic heterocycles. The van der Waals surface area contributed by atoms with Gasteiger partial charge in [0.1, 0.15) is 24.9 Å². The maximum atomic E-state index is 13.6. The van der Waals surface area contributed by atoms with Gasteiger partial charge in [-0.25, -0.2) is 9.37 Å². The van der Waals surface area contributed by atoms with Gasteiger partial charge in [-0.05, 0) is 40.2 Å². The Hall–Kier alpha value is -2.08. The zero-order valence-corrected chi connectivity index (χ0v) is 12.4. The minimum Gasteiger partial charge on any atom is -0.486 e. The van der Waals surface area contributed by atoms with Crippen molar-refractivity contribution in [3.05, 3.63) is 40.6 Å². The summed E-state index contributed by atoms with van der Waals surface area (Å²) in [6.07, 6.45) is 0. The van der Waals surface area contributed by atoms with E-state index in [9.17, 15) is 4.39 Å². The number of nitrogens with one attached hydrogen (secondary N) is 1. The molecule has 2 aromatic carbocycles. The van der Waals surface area contributed by atoms with Crippen LogP contribution >= 0.6 is 15.9 Å². The van der Waals surface area contributed by atoms with Crippen LogP contribution in [0.3, 0.4) is 0 Å². The highest BCUT2D eigenvalue weighted by Gasteiger charge is 2.14. The molecule has 1 aliphatic rings. The SMILES string of the molecule is Fc1cc2[nH]c(-c3ccc4c(c3)OCCO4)nc2cc1Br. The monoisotopic (exact) mass is 348 g/mol. The summed E-state index contributed by atoms with van der Waals surface area (Å²) in [5.41, 5.74) is 2.22. The van der Waals surface area contributed by atoms with Crippen molar-refractivity contribution in [3.8, 4) is 22.9 Å². The van der Waals surface area contributed by atoms with E-state index in [4.69, 9.17) is 9.47 Å². The van der Waals surface area contributed by atoms with E-state index in [1.54, 1.807) is 6.07 Å². The van der Waals surface area contributed by atoms with Gasteiger partial charge in [-0.1, -0.05) is 0 Å². The minimum absolute atomic E-state index is 0.320. The Balaban J connectivity index is 1.82. The first-order chi connectivity index (χ1) is 10.2. The maximum absolute atomic E-state index is 13.6. The average molecular weight is 349 g/mol. The third kappa shape index (κ3) is 2.15. The zero-order valence-electron chi connectivity index (χ0n) is 10.8. The van der Waals surface area contributed by atoms with Crippen LogP contribution in [0.15, 0.2) is 34.8 Å². The van der Waals surface area contributed by atoms with Gasteiger partial charge in [0.2, 0.25) is 0 Å². The Kier molecular flexibility index (Phi) is 2.85. The number of ether oxygens (including phenoxy) is 2. The molecule has 4 nitrogen and oxygen atoms in total. The average Bonchev–Trinajstić information content (AvgIpc) is 2.90. The molecule has 0 atom stereocenters. The van der Waals surface area contributed by atoms with Crippen molar-refractivity contribution in [2.75, 3.05) is 13.2 Å². The number of hydrogen-bond acceptors (Lipinski definition) is 3. The van der Waals surface area contributed by atoms with Crippen LogP contribution in [0.1, 0.15) is 0 Å². The van der Waals surface area contributed by atoms with Crippen LogP contribution < -0.4 is 9.47 Å². The first-order valence-corrected chi connectivity index (χ1v) is 7.25. The fourth-order valence-corrected chi connectivity index (χ4v) is 2.66. The van der Waals surface area contributed by atoms with E-state index in [0.717, 1.165) is 11.3 Å². The summed E-state index contributed by atoms with van der Waals surface area (Å²) < 4.78 is 25.0. The molecule has 4 rings (SSSR count). The molecule has 0 amide bonds. The lowest BCUT2D eigenvalue weighted by molar-refractivity contribution is 0.171. The molecule has 0 bridgehead atoms. The molecule has 0 unspecified atom stereocenters. The number of rotatable bonds is 1. The van der Waals surface area contributed by atoms with Crippen molar-refractivity contribution in [2.45, 2.75) is 0 Å². The number of halogens is 2. The smallest absolute Gasteiger partial charge is 0.162 e. The Morgan fingerprint density at radius 2 is 1.90 bits per heavy atom. The highest BCUT2D eigenvalue weighted by molar-refractivity contribution is 9.10. The lowest BCUT2D eigenvalue weighted by Crippen LogP contribution is -2.15. The van der Waals surface area contributed by atoms with Gasteiger partial charge >= 0.3 is 0 Å². The minimum atomic E-state index is -0.320. The Bertz CT molecular complexity index is 808. The number of aromatic nitrogens is 2. The number of imidazole rings is 1. The standard InChI is InChI=1S/C15H10BrFN2O2/c16-9-6-11-12(7-10(9)17)19-15(18-11)8-1-2-13-14(5-8)21-4-3-20-13/h1-2,5-7H,3-4H2,(H,18,19). The number of H-pyrrole nitrogens is 1. The van der Waals surface area contributed by atoms with Crippen LogP contribution in [0, 0.1) is 5.82 Å². The van der Waals surface area contributed by atoms with Crippen LogP contribution in [0.25, 0.3) is 22.4 Å². The van der Waals surface area contributed by atoms with E-state index in [0.29, 0.717) is 40.3 Å². The van der Waals surface area contributed by atoms with Crippen molar-refractivity contribution < 1.29 is 13.9 Å². The molecule has 1 aliphatic heterocycles. The number of fused-ring (bicyclic) bond motifs is 2. The Labute approximate surface area is 128 Å². The van der Waals surface area contributed by atoms with E-state index in [2.05, 4.69) is 25.9 Å². The molecule has 1 N–H and O–H groups in total. The highest BCUT2D eigenvalue weighted by atomic mass is 79.9. The van der Waals surface area contributed by atoms with Crippen LogP contribution in [0.5, 0.6) is 11.5 Å². The number of aromatic amines is 1. The zero-order chi connectivity index (χ0) is 14.4. The molecule has 21 heavy (non-hydrogen) atoms. The third-order valence-electron chi connectivity index (χ3n) is 3.34. The fraction of sp³-hybridized carbons (Fsp3) is 0.133. The largest absolute Gasteiger partial charge is 0.486 e. The highest BCUT2D eigenvalue weighted by Crippen LogP contribution is 2.34. The second kappa shape index (κ2) is 4.73. The van der Waals surface area contributed by atoms with E-state index < -0.39 is 0 Å². The fourth-order valence-electron chi connectivity index (χ4n) is 2.33. The molecule has 2 heterocycles. The van der Waals surface area contributed by atoms with Gasteiger partial charge in [-0.3, -0.25) is 0 Å². The molecule has 106 valence electrons. The predicted molar refractivity (Wildman–Crippen MR) is 80.2 cm³/mol.